The van der Waals surface area contributed by atoms with Gasteiger partial charge in [-0.3, -0.25) is 19.2 Å². The predicted molar refractivity (Wildman–Crippen MR) is 308 cm³/mol. The van der Waals surface area contributed by atoms with E-state index in [4.69, 9.17) is 19.7 Å². The summed E-state index contributed by atoms with van der Waals surface area (Å²) in [4.78, 5) is 43.8. The van der Waals surface area contributed by atoms with E-state index in [2.05, 4.69) is 20.1 Å². The average molecular weight is 1180 g/mol. The largest absolute Gasteiger partial charge is 0.497 e. The fourth-order valence-corrected chi connectivity index (χ4v) is 15.0. The second kappa shape index (κ2) is 38.0. The minimum absolute atomic E-state index is 0. The molecule has 2 aromatic carbocycles. The molecule has 4 heterocycles. The number of carbonyl (C=O) groups is 4. The quantitative estimate of drug-likeness (QED) is 0.0801. The fourth-order valence-electron chi connectivity index (χ4n) is 10.8. The number of sulfonamides is 2. The number of carboxylic acids is 2. The summed E-state index contributed by atoms with van der Waals surface area (Å²) in [5.41, 5.74) is 2.74. The molecular weight excluding hydrogens is 1090 g/mol. The molecular formula is C56H94Cl2N4O14S2. The van der Waals surface area contributed by atoms with Gasteiger partial charge in [-0.05, 0) is 190 Å². The number of nitrogens with zero attached hydrogens (tertiary/aromatic N) is 2. The Morgan fingerprint density at radius 3 is 1.13 bits per heavy atom. The zero-order chi connectivity index (χ0) is 56.3. The van der Waals surface area contributed by atoms with Crippen molar-refractivity contribution in [2.24, 2.45) is 0 Å². The van der Waals surface area contributed by atoms with Crippen molar-refractivity contribution in [2.75, 3.05) is 54.6 Å². The summed E-state index contributed by atoms with van der Waals surface area (Å²) in [7, 11) is -1.26. The molecule has 0 saturated carbocycles. The Kier molecular flexibility index (Phi) is 35.2. The van der Waals surface area contributed by atoms with E-state index in [-0.39, 0.29) is 55.3 Å². The molecule has 4 N–H and O–H groups in total. The second-order valence-electron chi connectivity index (χ2n) is 20.5. The Balaban J connectivity index is 0.000000543. The van der Waals surface area contributed by atoms with Crippen molar-refractivity contribution < 1.29 is 65.2 Å². The molecule has 0 spiro atoms. The van der Waals surface area contributed by atoms with Gasteiger partial charge in [-0.25, -0.2) is 16.8 Å². The Labute approximate surface area is 479 Å². The summed E-state index contributed by atoms with van der Waals surface area (Å²) in [5.74, 6) is -0.552. The van der Waals surface area contributed by atoms with Crippen LogP contribution < -0.4 is 20.1 Å². The SMILES string of the molecule is COC(=O)CCCC1CCCCN1.COC(=O)CCCC1CCCCN1S(=O)(=O)c1c(C)cc(OC)cc1C.COc1cc(C)c(S(=O)(=O)N2CCCCC2CCCC(=O)O)c(C)c1.Cl.Cl.O=C(O)CCCC1CCCCN1. The number of methoxy groups -OCH3 is 4. The van der Waals surface area contributed by atoms with E-state index in [0.29, 0.717) is 114 Å². The number of halogens is 2. The van der Waals surface area contributed by atoms with Gasteiger partial charge in [0.15, 0.2) is 0 Å². The number of ether oxygens (including phenoxy) is 4. The first kappa shape index (κ1) is 72.3. The van der Waals surface area contributed by atoms with Gasteiger partial charge in [0.05, 0.1) is 38.2 Å². The topological polar surface area (TPSA) is 244 Å². The van der Waals surface area contributed by atoms with Crippen molar-refractivity contribution in [3.63, 3.8) is 0 Å². The molecule has 4 fully saturated rings. The van der Waals surface area contributed by atoms with Gasteiger partial charge in [-0.15, -0.1) is 24.8 Å². The predicted octanol–water partition coefficient (Wildman–Crippen LogP) is 10.0. The van der Waals surface area contributed by atoms with Crippen molar-refractivity contribution in [3.8, 4) is 11.5 Å². The summed E-state index contributed by atoms with van der Waals surface area (Å²) in [6.07, 6.45) is 20.5. The average Bonchev–Trinajstić information content (AvgIpc) is 3.39. The highest BCUT2D eigenvalue weighted by atomic mass is 35.5. The standard InChI is InChI=1S/C19H29NO5S.C18H27NO5S.C10H19NO2.C9H17NO2.2ClH/c1-14-12-17(24-3)13-15(2)19(14)26(22,23)20-11-6-5-8-16(20)9-7-10-18(21)25-4;1-13-11-16(24-3)12-14(2)18(13)25(22,23)19-10-5-4-7-15(19)8-6-9-17(20)21;1-13-10(12)7-4-6-9-5-2-3-8-11-9;11-9(12)6-3-5-8-4-1-2-7-10-8;;/h12-13,16H,5-11H2,1-4H3;11-12,15H,4-10H2,1-3H3,(H,20,21);9,11H,2-8H2,1H3;8,10H,1-7H2,(H,11,12);2*1H. The van der Waals surface area contributed by atoms with E-state index in [1.54, 1.807) is 74.8 Å². The first-order valence-electron chi connectivity index (χ1n) is 27.6. The molecule has 0 bridgehead atoms. The minimum Gasteiger partial charge on any atom is -0.497 e. The van der Waals surface area contributed by atoms with Crippen molar-refractivity contribution in [3.05, 3.63) is 46.5 Å². The third kappa shape index (κ3) is 24.5. The summed E-state index contributed by atoms with van der Waals surface area (Å²) >= 11 is 0. The second-order valence-corrected chi connectivity index (χ2v) is 24.2. The van der Waals surface area contributed by atoms with Gasteiger partial charge in [-0.2, -0.15) is 8.61 Å². The van der Waals surface area contributed by atoms with E-state index >= 15 is 0 Å². The fraction of sp³-hybridized carbons (Fsp3) is 0.714. The molecule has 4 unspecified atom stereocenters. The van der Waals surface area contributed by atoms with E-state index in [9.17, 15) is 36.0 Å². The first-order valence-corrected chi connectivity index (χ1v) is 30.5. The van der Waals surface area contributed by atoms with Gasteiger partial charge in [-0.1, -0.05) is 25.7 Å². The minimum atomic E-state index is -3.62. The van der Waals surface area contributed by atoms with Crippen LogP contribution in [0.5, 0.6) is 11.5 Å². The number of carboxylic acid groups (broad SMARTS) is 2. The molecule has 0 aliphatic carbocycles. The highest BCUT2D eigenvalue weighted by molar-refractivity contribution is 7.89. The first-order chi connectivity index (χ1) is 36.2. The normalized spacial score (nSPS) is 19.7. The van der Waals surface area contributed by atoms with Crippen LogP contribution in [-0.4, -0.2) is 138 Å². The lowest BCUT2D eigenvalue weighted by molar-refractivity contribution is -0.141. The molecule has 78 heavy (non-hydrogen) atoms. The highest BCUT2D eigenvalue weighted by Crippen LogP contribution is 2.35. The smallest absolute Gasteiger partial charge is 0.305 e. The Bertz CT molecular complexity index is 2300. The lowest BCUT2D eigenvalue weighted by Gasteiger charge is -2.35. The van der Waals surface area contributed by atoms with Crippen LogP contribution in [0.15, 0.2) is 34.1 Å². The highest BCUT2D eigenvalue weighted by Gasteiger charge is 2.37. The van der Waals surface area contributed by atoms with Crippen molar-refractivity contribution in [1.82, 2.24) is 19.2 Å². The van der Waals surface area contributed by atoms with Crippen LogP contribution in [0.25, 0.3) is 0 Å². The molecule has 0 aromatic heterocycles. The number of nitrogens with one attached hydrogen (secondary N) is 2. The summed E-state index contributed by atoms with van der Waals surface area (Å²) in [5, 5.41) is 24.1. The number of aliphatic carboxylic acids is 2. The number of aryl methyl sites for hydroxylation is 4. The molecule has 4 atom stereocenters. The number of rotatable bonds is 22. The molecule has 4 aliphatic heterocycles. The van der Waals surface area contributed by atoms with Crippen LogP contribution in [0.2, 0.25) is 0 Å². The number of piperidine rings is 4. The maximum absolute atomic E-state index is 13.4. The van der Waals surface area contributed by atoms with Crippen molar-refractivity contribution in [1.29, 1.82) is 0 Å². The molecule has 6 rings (SSSR count). The molecule has 448 valence electrons. The third-order valence-electron chi connectivity index (χ3n) is 14.6. The van der Waals surface area contributed by atoms with E-state index in [0.717, 1.165) is 77.3 Å². The molecule has 18 nitrogen and oxygen atoms in total. The number of benzene rings is 2. The molecule has 2 aromatic rings. The summed E-state index contributed by atoms with van der Waals surface area (Å²) in [6.45, 7) is 10.4. The number of hydrogen-bond acceptors (Lipinski definition) is 14. The van der Waals surface area contributed by atoms with Gasteiger partial charge in [0.2, 0.25) is 20.0 Å². The Hall–Kier alpha value is -3.76. The zero-order valence-electron chi connectivity index (χ0n) is 47.7. The molecule has 0 radical (unpaired) electrons. The zero-order valence-corrected chi connectivity index (χ0v) is 51.0. The van der Waals surface area contributed by atoms with E-state index < -0.39 is 32.0 Å². The Morgan fingerprint density at radius 1 is 0.500 bits per heavy atom. The van der Waals surface area contributed by atoms with E-state index in [1.165, 1.54) is 52.7 Å². The third-order valence-corrected chi connectivity index (χ3v) is 19.1. The number of hydrogen-bond donors (Lipinski definition) is 4. The van der Waals surface area contributed by atoms with Gasteiger partial charge in [0.25, 0.3) is 0 Å². The molecule has 4 saturated heterocycles. The lowest BCUT2D eigenvalue weighted by atomic mass is 10.00. The van der Waals surface area contributed by atoms with Gasteiger partial charge >= 0.3 is 23.9 Å². The van der Waals surface area contributed by atoms with Gasteiger partial charge in [0.1, 0.15) is 11.5 Å². The van der Waals surface area contributed by atoms with E-state index in [1.807, 2.05) is 0 Å². The molecule has 22 heteroatoms. The van der Waals surface area contributed by atoms with Crippen LogP contribution in [0.4, 0.5) is 0 Å². The number of esters is 2. The Morgan fingerprint density at radius 2 is 0.821 bits per heavy atom. The van der Waals surface area contributed by atoms with Gasteiger partial charge in [0, 0.05) is 62.9 Å². The van der Waals surface area contributed by atoms with Gasteiger partial charge < -0.3 is 39.8 Å². The number of carbonyl (C=O) groups excluding carboxylic acids is 2. The van der Waals surface area contributed by atoms with Crippen LogP contribution in [-0.2, 0) is 48.7 Å². The molecule has 0 amide bonds. The van der Waals surface area contributed by atoms with Crippen LogP contribution in [0.1, 0.15) is 176 Å². The maximum Gasteiger partial charge on any atom is 0.305 e. The van der Waals surface area contributed by atoms with Crippen LogP contribution in [0.3, 0.4) is 0 Å². The monoisotopic (exact) mass is 1180 g/mol. The summed E-state index contributed by atoms with van der Waals surface area (Å²) < 4.78 is 76.3. The lowest BCUT2D eigenvalue weighted by Crippen LogP contribution is -2.44. The van der Waals surface area contributed by atoms with Crippen LogP contribution in [0, 0.1) is 27.7 Å². The van der Waals surface area contributed by atoms with Crippen molar-refractivity contribution >= 4 is 68.7 Å². The van der Waals surface area contributed by atoms with Crippen LogP contribution >= 0.6 is 24.8 Å². The summed E-state index contributed by atoms with van der Waals surface area (Å²) in [6, 6.07) is 8.02. The molecule has 4 aliphatic rings. The maximum atomic E-state index is 13.4. The van der Waals surface area contributed by atoms with Crippen molar-refractivity contribution in [2.45, 2.75) is 216 Å².